The van der Waals surface area contributed by atoms with E-state index < -0.39 is 0 Å². The third kappa shape index (κ3) is 1.62. The Morgan fingerprint density at radius 1 is 1.08 bits per heavy atom. The lowest BCUT2D eigenvalue weighted by Gasteiger charge is -2.41. The van der Waals surface area contributed by atoms with E-state index in [1.54, 1.807) is 0 Å². The van der Waals surface area contributed by atoms with Gasteiger partial charge in [0.05, 0.1) is 0 Å². The fourth-order valence-corrected chi connectivity index (χ4v) is 3.26. The van der Waals surface area contributed by atoms with Gasteiger partial charge < -0.3 is 5.73 Å². The van der Waals surface area contributed by atoms with E-state index in [9.17, 15) is 0 Å². The summed E-state index contributed by atoms with van der Waals surface area (Å²) in [4.78, 5) is 0. The molecular formula is C10H18ClN. The van der Waals surface area contributed by atoms with Crippen LogP contribution in [0, 0.1) is 11.8 Å². The van der Waals surface area contributed by atoms with Crippen molar-refractivity contribution in [3.8, 4) is 0 Å². The lowest BCUT2D eigenvalue weighted by molar-refractivity contribution is 0.149. The third-order valence-electron chi connectivity index (χ3n) is 3.65. The molecule has 2 fully saturated rings. The van der Waals surface area contributed by atoms with E-state index in [1.807, 2.05) is 0 Å². The van der Waals surface area contributed by atoms with Crippen LogP contribution in [0.4, 0.5) is 0 Å². The second kappa shape index (κ2) is 3.55. The zero-order valence-corrected chi connectivity index (χ0v) is 8.26. The molecule has 0 aromatic rings. The van der Waals surface area contributed by atoms with Gasteiger partial charge in [-0.2, -0.15) is 0 Å². The van der Waals surface area contributed by atoms with Gasteiger partial charge in [-0.15, -0.1) is 11.6 Å². The van der Waals surface area contributed by atoms with Crippen LogP contribution >= 0.6 is 11.6 Å². The summed E-state index contributed by atoms with van der Waals surface area (Å²) in [5.74, 6) is 1.65. The molecule has 2 saturated carbocycles. The fraction of sp³-hybridized carbons (Fsp3) is 1.00. The fourth-order valence-electron chi connectivity index (χ4n) is 2.93. The van der Waals surface area contributed by atoms with Crippen molar-refractivity contribution in [1.29, 1.82) is 0 Å². The number of rotatable bonds is 0. The first-order valence-electron chi connectivity index (χ1n) is 5.17. The number of nitrogens with two attached hydrogens (primary N) is 1. The van der Waals surface area contributed by atoms with Gasteiger partial charge in [0.1, 0.15) is 0 Å². The Bertz CT molecular complexity index is 160. The summed E-state index contributed by atoms with van der Waals surface area (Å²) in [6.07, 6.45) is 7.69. The van der Waals surface area contributed by atoms with Crippen molar-refractivity contribution in [2.75, 3.05) is 0 Å². The minimum atomic E-state index is 0.412. The van der Waals surface area contributed by atoms with Gasteiger partial charge in [0.2, 0.25) is 0 Å². The average Bonchev–Trinajstić information content (AvgIpc) is 2.07. The molecule has 0 aromatic carbocycles. The molecule has 0 bridgehead atoms. The molecule has 2 aliphatic carbocycles. The van der Waals surface area contributed by atoms with Crippen LogP contribution in [0.3, 0.4) is 0 Å². The highest BCUT2D eigenvalue weighted by Crippen LogP contribution is 2.41. The molecule has 4 unspecified atom stereocenters. The van der Waals surface area contributed by atoms with Gasteiger partial charge in [-0.05, 0) is 37.5 Å². The third-order valence-corrected chi connectivity index (χ3v) is 4.04. The van der Waals surface area contributed by atoms with Crippen molar-refractivity contribution in [3.63, 3.8) is 0 Å². The smallest absolute Gasteiger partial charge is 0.0339 e. The maximum atomic E-state index is 6.15. The van der Waals surface area contributed by atoms with Gasteiger partial charge in [-0.25, -0.2) is 0 Å². The summed E-state index contributed by atoms with van der Waals surface area (Å²) in [7, 11) is 0. The highest BCUT2D eigenvalue weighted by molar-refractivity contribution is 6.20. The van der Waals surface area contributed by atoms with Crippen LogP contribution in [-0.2, 0) is 0 Å². The Balaban J connectivity index is 2.00. The van der Waals surface area contributed by atoms with Crippen molar-refractivity contribution in [1.82, 2.24) is 0 Å². The molecule has 0 heterocycles. The van der Waals surface area contributed by atoms with Crippen LogP contribution in [0.15, 0.2) is 0 Å². The minimum absolute atomic E-state index is 0.412. The Hall–Kier alpha value is 0.250. The van der Waals surface area contributed by atoms with Crippen LogP contribution < -0.4 is 5.73 Å². The number of fused-ring (bicyclic) bond motifs is 1. The highest BCUT2D eigenvalue weighted by Gasteiger charge is 2.35. The Morgan fingerprint density at radius 2 is 1.92 bits per heavy atom. The van der Waals surface area contributed by atoms with E-state index in [4.69, 9.17) is 17.3 Å². The second-order valence-corrected chi connectivity index (χ2v) is 5.05. The summed E-state index contributed by atoms with van der Waals surface area (Å²) in [6, 6.07) is 0.449. The molecule has 2 aliphatic rings. The molecule has 12 heavy (non-hydrogen) atoms. The number of alkyl halides is 1. The molecule has 2 N–H and O–H groups in total. The zero-order valence-electron chi connectivity index (χ0n) is 7.51. The van der Waals surface area contributed by atoms with Crippen LogP contribution in [0.2, 0.25) is 0 Å². The molecule has 70 valence electrons. The quantitative estimate of drug-likeness (QED) is 0.580. The predicted octanol–water partition coefficient (Wildman–Crippen LogP) is 2.52. The molecule has 2 heteroatoms. The van der Waals surface area contributed by atoms with E-state index >= 15 is 0 Å². The lowest BCUT2D eigenvalue weighted by atomic mass is 9.68. The molecule has 4 atom stereocenters. The van der Waals surface area contributed by atoms with Gasteiger partial charge in [0, 0.05) is 11.4 Å². The van der Waals surface area contributed by atoms with E-state index in [1.165, 1.54) is 38.5 Å². The maximum Gasteiger partial charge on any atom is 0.0339 e. The topological polar surface area (TPSA) is 26.0 Å². The SMILES string of the molecule is NC1CCCC2CCC(Cl)CC12. The second-order valence-electron chi connectivity index (χ2n) is 4.43. The van der Waals surface area contributed by atoms with Gasteiger partial charge >= 0.3 is 0 Å². The Kier molecular flexibility index (Phi) is 2.61. The van der Waals surface area contributed by atoms with Gasteiger partial charge in [0.25, 0.3) is 0 Å². The van der Waals surface area contributed by atoms with Gasteiger partial charge in [0.15, 0.2) is 0 Å². The molecule has 0 aromatic heterocycles. The first kappa shape index (κ1) is 8.83. The molecule has 0 saturated heterocycles. The van der Waals surface area contributed by atoms with Crippen molar-refractivity contribution in [2.24, 2.45) is 17.6 Å². The number of hydrogen-bond acceptors (Lipinski definition) is 1. The van der Waals surface area contributed by atoms with Gasteiger partial charge in [-0.1, -0.05) is 12.8 Å². The van der Waals surface area contributed by atoms with Crippen LogP contribution in [0.1, 0.15) is 38.5 Å². The predicted molar refractivity (Wildman–Crippen MR) is 52.3 cm³/mol. The summed E-state index contributed by atoms with van der Waals surface area (Å²) < 4.78 is 0. The first-order valence-corrected chi connectivity index (χ1v) is 5.60. The van der Waals surface area contributed by atoms with Crippen LogP contribution in [0.25, 0.3) is 0 Å². The zero-order chi connectivity index (χ0) is 8.55. The lowest BCUT2D eigenvalue weighted by Crippen LogP contribution is -2.42. The number of hydrogen-bond donors (Lipinski definition) is 1. The summed E-state index contributed by atoms with van der Waals surface area (Å²) in [6.45, 7) is 0. The van der Waals surface area contributed by atoms with E-state index in [2.05, 4.69) is 0 Å². The molecule has 2 rings (SSSR count). The Labute approximate surface area is 79.7 Å². The monoisotopic (exact) mass is 187 g/mol. The van der Waals surface area contributed by atoms with Crippen molar-refractivity contribution in [2.45, 2.75) is 49.9 Å². The molecule has 0 radical (unpaired) electrons. The summed E-state index contributed by atoms with van der Waals surface area (Å²) >= 11 is 6.15. The molecule has 0 amide bonds. The largest absolute Gasteiger partial charge is 0.327 e. The summed E-state index contributed by atoms with van der Waals surface area (Å²) in [5, 5.41) is 0.412. The first-order chi connectivity index (χ1) is 5.77. The molecule has 0 aliphatic heterocycles. The van der Waals surface area contributed by atoms with Crippen molar-refractivity contribution in [3.05, 3.63) is 0 Å². The van der Waals surface area contributed by atoms with Crippen LogP contribution in [-0.4, -0.2) is 11.4 Å². The van der Waals surface area contributed by atoms with E-state index in [0.717, 1.165) is 11.8 Å². The standard InChI is InChI=1S/C10H18ClN/c11-8-5-4-7-2-1-3-10(12)9(7)6-8/h7-10H,1-6,12H2. The van der Waals surface area contributed by atoms with Gasteiger partial charge in [-0.3, -0.25) is 0 Å². The molecule has 1 nitrogen and oxygen atoms in total. The normalized spacial score (nSPS) is 48.5. The molecule has 0 spiro atoms. The minimum Gasteiger partial charge on any atom is -0.327 e. The Morgan fingerprint density at radius 3 is 2.75 bits per heavy atom. The number of halogens is 1. The average molecular weight is 188 g/mol. The van der Waals surface area contributed by atoms with Crippen LogP contribution in [0.5, 0.6) is 0 Å². The van der Waals surface area contributed by atoms with E-state index in [-0.39, 0.29) is 0 Å². The highest BCUT2D eigenvalue weighted by atomic mass is 35.5. The van der Waals surface area contributed by atoms with Crippen molar-refractivity contribution >= 4 is 11.6 Å². The molecular weight excluding hydrogens is 170 g/mol. The van der Waals surface area contributed by atoms with Crippen molar-refractivity contribution < 1.29 is 0 Å². The summed E-state index contributed by atoms with van der Waals surface area (Å²) in [5.41, 5.74) is 6.09. The maximum absolute atomic E-state index is 6.15. The van der Waals surface area contributed by atoms with E-state index in [0.29, 0.717) is 11.4 Å².